The van der Waals surface area contributed by atoms with Gasteiger partial charge in [0.15, 0.2) is 6.29 Å². The minimum atomic E-state index is -1.55. The molecule has 0 spiro atoms. The minimum Gasteiger partial charge on any atom is -0.382 e. The van der Waals surface area contributed by atoms with Gasteiger partial charge in [-0.05, 0) is 24.3 Å². The summed E-state index contributed by atoms with van der Waals surface area (Å²) in [5.74, 6) is -0.963. The number of nitriles is 1. The van der Waals surface area contributed by atoms with Crippen LogP contribution in [-0.4, -0.2) is 49.9 Å². The molecule has 1 saturated heterocycles. The van der Waals surface area contributed by atoms with E-state index < -0.39 is 28.8 Å². The maximum Gasteiger partial charge on any atom is 0.177 e. The van der Waals surface area contributed by atoms with Crippen molar-refractivity contribution in [1.29, 1.82) is 5.26 Å². The molecule has 1 aromatic heterocycles. The Kier molecular flexibility index (Phi) is 8.84. The number of thioether (sulfide) groups is 1. The van der Waals surface area contributed by atoms with Gasteiger partial charge in [0.1, 0.15) is 29.9 Å². The van der Waals surface area contributed by atoms with Crippen LogP contribution < -0.4 is 0 Å². The molecule has 0 amide bonds. The molecule has 1 fully saturated rings. The van der Waals surface area contributed by atoms with E-state index in [4.69, 9.17) is 14.7 Å². The Balaban J connectivity index is 1.34. The second-order valence-electron chi connectivity index (χ2n) is 8.52. The van der Waals surface area contributed by atoms with E-state index in [0.29, 0.717) is 18.8 Å². The predicted octanol–water partition coefficient (Wildman–Crippen LogP) is 4.45. The lowest BCUT2D eigenvalue weighted by molar-refractivity contribution is -0.146. The molecule has 37 heavy (non-hydrogen) atoms. The second kappa shape index (κ2) is 12.3. The van der Waals surface area contributed by atoms with Crippen molar-refractivity contribution < 1.29 is 23.4 Å². The third-order valence-electron chi connectivity index (χ3n) is 5.96. The molecular weight excluding hydrogens is 498 g/mol. The summed E-state index contributed by atoms with van der Waals surface area (Å²) in [5, 5.41) is 24.1. The number of ether oxygens (including phenoxy) is 2. The molecule has 0 radical (unpaired) electrons. The van der Waals surface area contributed by atoms with Crippen molar-refractivity contribution in [3.8, 4) is 6.07 Å². The van der Waals surface area contributed by atoms with Gasteiger partial charge in [-0.15, -0.1) is 11.8 Å². The molecule has 7 nitrogen and oxygen atoms in total. The van der Waals surface area contributed by atoms with Crippen molar-refractivity contribution in [2.45, 2.75) is 35.9 Å². The molecule has 2 aromatic carbocycles. The van der Waals surface area contributed by atoms with Crippen molar-refractivity contribution in [3.05, 3.63) is 102 Å². The molecule has 3 aromatic rings. The van der Waals surface area contributed by atoms with Crippen LogP contribution in [0.25, 0.3) is 6.08 Å². The first-order valence-corrected chi connectivity index (χ1v) is 12.6. The lowest BCUT2D eigenvalue weighted by atomic mass is 9.90. The maximum absolute atomic E-state index is 14.7. The summed E-state index contributed by atoms with van der Waals surface area (Å²) in [6, 6.07) is 12.4. The average molecular weight is 525 g/mol. The van der Waals surface area contributed by atoms with Crippen LogP contribution >= 0.6 is 11.8 Å². The highest BCUT2D eigenvalue weighted by Gasteiger charge is 2.41. The maximum atomic E-state index is 14.7. The fourth-order valence-corrected chi connectivity index (χ4v) is 5.26. The molecule has 0 bridgehead atoms. The third-order valence-corrected chi connectivity index (χ3v) is 7.41. The smallest absolute Gasteiger partial charge is 0.177 e. The third kappa shape index (κ3) is 6.70. The van der Waals surface area contributed by atoms with Gasteiger partial charge in [0.2, 0.25) is 0 Å². The zero-order valence-electron chi connectivity index (χ0n) is 20.1. The monoisotopic (exact) mass is 524 g/mol. The summed E-state index contributed by atoms with van der Waals surface area (Å²) >= 11 is 1.45. The molecular formula is C27H26F2N4O3S. The summed E-state index contributed by atoms with van der Waals surface area (Å²) in [6.07, 6.45) is 8.95. The first kappa shape index (κ1) is 26.7. The van der Waals surface area contributed by atoms with Gasteiger partial charge in [0.05, 0.1) is 36.6 Å². The summed E-state index contributed by atoms with van der Waals surface area (Å²) < 4.78 is 41.7. The van der Waals surface area contributed by atoms with Crippen LogP contribution in [0.5, 0.6) is 0 Å². The standard InChI is InChI=1S/C27H26F2N4O3S/c1-19(27(34,16-33-18-31-17-32-33)23-7-3-4-8-24(23)28)37-22-14-35-26(36-15-22)9-5-2-6-21-11-10-20(13-30)12-25(21)29/h2-12,17-19,22,26,34H,14-16H2,1H3/b6-2+,9-5+/t19-,22?,26?,27-/m1/s1. The van der Waals surface area contributed by atoms with E-state index in [1.54, 1.807) is 54.6 Å². The Hall–Kier alpha value is -3.36. The molecule has 1 N–H and O–H groups in total. The van der Waals surface area contributed by atoms with E-state index in [9.17, 15) is 13.9 Å². The fourth-order valence-electron chi connectivity index (χ4n) is 3.94. The number of hydrogen-bond donors (Lipinski definition) is 1. The number of aromatic nitrogens is 3. The van der Waals surface area contributed by atoms with Crippen LogP contribution in [-0.2, 0) is 21.6 Å². The Morgan fingerprint density at radius 2 is 2.00 bits per heavy atom. The summed E-state index contributed by atoms with van der Waals surface area (Å²) in [6.45, 7) is 2.62. The van der Waals surface area contributed by atoms with Crippen molar-refractivity contribution in [1.82, 2.24) is 14.8 Å². The molecule has 192 valence electrons. The number of hydrogen-bond acceptors (Lipinski definition) is 7. The Morgan fingerprint density at radius 1 is 1.22 bits per heavy atom. The quantitative estimate of drug-likeness (QED) is 0.414. The lowest BCUT2D eigenvalue weighted by Gasteiger charge is -2.37. The predicted molar refractivity (Wildman–Crippen MR) is 136 cm³/mol. The highest BCUT2D eigenvalue weighted by molar-refractivity contribution is 8.00. The second-order valence-corrected chi connectivity index (χ2v) is 10.2. The highest BCUT2D eigenvalue weighted by atomic mass is 32.2. The molecule has 1 aliphatic heterocycles. The van der Waals surface area contributed by atoms with Crippen LogP contribution in [0.3, 0.4) is 0 Å². The van der Waals surface area contributed by atoms with Crippen LogP contribution in [0, 0.1) is 23.0 Å². The Morgan fingerprint density at radius 3 is 2.68 bits per heavy atom. The summed E-state index contributed by atoms with van der Waals surface area (Å²) in [7, 11) is 0. The van der Waals surface area contributed by atoms with Gasteiger partial charge < -0.3 is 14.6 Å². The Bertz CT molecular complexity index is 1290. The first-order valence-electron chi connectivity index (χ1n) is 11.6. The summed E-state index contributed by atoms with van der Waals surface area (Å²) in [4.78, 5) is 3.92. The number of allylic oxidation sites excluding steroid dienone is 2. The molecule has 2 heterocycles. The lowest BCUT2D eigenvalue weighted by Crippen LogP contribution is -2.43. The SMILES string of the molecule is C[C@@H](SC1COC(/C=C/C=C/c2ccc(C#N)cc2F)OC1)[C@](O)(Cn1cncn1)c1ccccc1F. The van der Waals surface area contributed by atoms with Crippen molar-refractivity contribution in [2.75, 3.05) is 13.2 Å². The van der Waals surface area contributed by atoms with Gasteiger partial charge in [-0.2, -0.15) is 10.4 Å². The van der Waals surface area contributed by atoms with Gasteiger partial charge in [-0.25, -0.2) is 18.4 Å². The number of aliphatic hydroxyl groups is 1. The zero-order valence-corrected chi connectivity index (χ0v) is 20.9. The van der Waals surface area contributed by atoms with Gasteiger partial charge in [0, 0.05) is 16.4 Å². The fraction of sp³-hybridized carbons (Fsp3) is 0.296. The number of nitrogens with zero attached hydrogens (tertiary/aromatic N) is 4. The molecule has 2 atom stereocenters. The normalized spacial score (nSPS) is 20.6. The van der Waals surface area contributed by atoms with E-state index in [2.05, 4.69) is 10.1 Å². The van der Waals surface area contributed by atoms with Crippen LogP contribution in [0.2, 0.25) is 0 Å². The van der Waals surface area contributed by atoms with Crippen LogP contribution in [0.4, 0.5) is 8.78 Å². The van der Waals surface area contributed by atoms with Gasteiger partial charge in [-0.1, -0.05) is 49.4 Å². The van der Waals surface area contributed by atoms with E-state index in [1.807, 2.05) is 13.0 Å². The van der Waals surface area contributed by atoms with E-state index in [-0.39, 0.29) is 22.9 Å². The van der Waals surface area contributed by atoms with Crippen LogP contribution in [0.1, 0.15) is 23.6 Å². The molecule has 4 rings (SSSR count). The van der Waals surface area contributed by atoms with E-state index in [1.165, 1.54) is 41.2 Å². The molecule has 0 aliphatic carbocycles. The molecule has 0 saturated carbocycles. The molecule has 10 heteroatoms. The van der Waals surface area contributed by atoms with Gasteiger partial charge in [0.25, 0.3) is 0 Å². The topological polar surface area (TPSA) is 93.2 Å². The number of halogens is 2. The Labute approximate surface area is 218 Å². The highest BCUT2D eigenvalue weighted by Crippen LogP contribution is 2.38. The van der Waals surface area contributed by atoms with E-state index >= 15 is 0 Å². The first-order chi connectivity index (χ1) is 17.9. The van der Waals surface area contributed by atoms with Gasteiger partial charge >= 0.3 is 0 Å². The summed E-state index contributed by atoms with van der Waals surface area (Å²) in [5.41, 5.74) is -0.727. The van der Waals surface area contributed by atoms with Crippen LogP contribution in [0.15, 0.2) is 73.3 Å². The van der Waals surface area contributed by atoms with Gasteiger partial charge in [-0.3, -0.25) is 0 Å². The molecule has 1 aliphatic rings. The molecule has 0 unspecified atom stereocenters. The van der Waals surface area contributed by atoms with Crippen molar-refractivity contribution in [3.63, 3.8) is 0 Å². The average Bonchev–Trinajstić information content (AvgIpc) is 3.41. The van der Waals surface area contributed by atoms with E-state index in [0.717, 1.165) is 0 Å². The zero-order chi connectivity index (χ0) is 26.3. The number of benzene rings is 2. The van der Waals surface area contributed by atoms with Crippen molar-refractivity contribution in [2.24, 2.45) is 0 Å². The van der Waals surface area contributed by atoms with Crippen molar-refractivity contribution >= 4 is 17.8 Å². The largest absolute Gasteiger partial charge is 0.382 e. The minimum absolute atomic E-state index is 0.0358. The number of rotatable bonds is 9.